The first-order valence-electron chi connectivity index (χ1n) is 5.15. The second kappa shape index (κ2) is 5.17. The minimum absolute atomic E-state index is 0.0529. The van der Waals surface area contributed by atoms with Crippen molar-refractivity contribution in [3.05, 3.63) is 52.3 Å². The molecular formula is C11H11N3O4. The molecule has 0 amide bonds. The molecule has 0 aliphatic rings. The summed E-state index contributed by atoms with van der Waals surface area (Å²) in [6, 6.07) is 7.35. The van der Waals surface area contributed by atoms with Gasteiger partial charge in [0.15, 0.2) is 0 Å². The highest BCUT2D eigenvalue weighted by Crippen LogP contribution is 2.16. The summed E-state index contributed by atoms with van der Waals surface area (Å²) in [4.78, 5) is 18.4. The number of hydrogen-bond acceptors (Lipinski definition) is 5. The van der Waals surface area contributed by atoms with Crippen molar-refractivity contribution in [1.29, 1.82) is 0 Å². The van der Waals surface area contributed by atoms with Gasteiger partial charge in [-0.05, 0) is 17.7 Å². The van der Waals surface area contributed by atoms with Gasteiger partial charge in [-0.25, -0.2) is 9.82 Å². The Kier molecular flexibility index (Phi) is 3.42. The maximum Gasteiger partial charge on any atom is 0.302 e. The number of imidazole rings is 1. The third-order valence-corrected chi connectivity index (χ3v) is 2.32. The van der Waals surface area contributed by atoms with Crippen LogP contribution in [0, 0.1) is 10.1 Å². The predicted octanol–water partition coefficient (Wildman–Crippen LogP) is 1.51. The van der Waals surface area contributed by atoms with E-state index in [0.717, 1.165) is 11.3 Å². The van der Waals surface area contributed by atoms with Crippen LogP contribution in [0.25, 0.3) is 0 Å². The number of rotatable bonds is 5. The van der Waals surface area contributed by atoms with Crippen LogP contribution in [0.5, 0.6) is 11.8 Å². The van der Waals surface area contributed by atoms with Gasteiger partial charge in [-0.1, -0.05) is 12.1 Å². The van der Waals surface area contributed by atoms with E-state index in [-0.39, 0.29) is 6.01 Å². The lowest BCUT2D eigenvalue weighted by Crippen LogP contribution is -2.10. The number of ether oxygens (including phenoxy) is 1. The van der Waals surface area contributed by atoms with Gasteiger partial charge in [0.25, 0.3) is 6.01 Å². The van der Waals surface area contributed by atoms with E-state index < -0.39 is 5.09 Å². The average Bonchev–Trinajstić information content (AvgIpc) is 2.76. The molecule has 0 aliphatic carbocycles. The van der Waals surface area contributed by atoms with Crippen molar-refractivity contribution in [3.8, 4) is 11.8 Å². The fraction of sp³-hybridized carbons (Fsp3) is 0.182. The first-order chi connectivity index (χ1) is 8.69. The van der Waals surface area contributed by atoms with Crippen LogP contribution in [-0.4, -0.2) is 21.7 Å². The highest BCUT2D eigenvalue weighted by atomic mass is 17.0. The SMILES string of the molecule is COc1cccc(Cn2ccnc2O[N+](=O)[O-])c1. The van der Waals surface area contributed by atoms with E-state index in [1.165, 1.54) is 10.8 Å². The number of methoxy groups -OCH3 is 1. The molecule has 7 heteroatoms. The van der Waals surface area contributed by atoms with Crippen molar-refractivity contribution in [2.75, 3.05) is 7.11 Å². The molecule has 18 heavy (non-hydrogen) atoms. The molecule has 0 N–H and O–H groups in total. The smallest absolute Gasteiger partial charge is 0.302 e. The number of aromatic nitrogens is 2. The molecule has 7 nitrogen and oxygen atoms in total. The van der Waals surface area contributed by atoms with Gasteiger partial charge in [-0.3, -0.25) is 0 Å². The monoisotopic (exact) mass is 249 g/mol. The van der Waals surface area contributed by atoms with Gasteiger partial charge >= 0.3 is 5.09 Å². The molecule has 1 heterocycles. The van der Waals surface area contributed by atoms with Gasteiger partial charge in [0.2, 0.25) is 0 Å². The zero-order valence-corrected chi connectivity index (χ0v) is 9.65. The summed E-state index contributed by atoms with van der Waals surface area (Å²) >= 11 is 0. The lowest BCUT2D eigenvalue weighted by molar-refractivity contribution is -0.713. The lowest BCUT2D eigenvalue weighted by atomic mass is 10.2. The molecule has 2 aromatic rings. The molecule has 94 valence electrons. The Hall–Kier alpha value is -2.57. The summed E-state index contributed by atoms with van der Waals surface area (Å²) in [5, 5.41) is 9.40. The largest absolute Gasteiger partial charge is 0.497 e. The van der Waals surface area contributed by atoms with Crippen LogP contribution in [-0.2, 0) is 6.54 Å². The van der Waals surface area contributed by atoms with Crippen LogP contribution in [0.1, 0.15) is 5.56 Å². The minimum atomic E-state index is -0.885. The molecule has 0 saturated heterocycles. The molecule has 0 saturated carbocycles. The van der Waals surface area contributed by atoms with Gasteiger partial charge in [0.05, 0.1) is 13.7 Å². The maximum atomic E-state index is 10.3. The summed E-state index contributed by atoms with van der Waals surface area (Å²) in [5.74, 6) is 0.726. The van der Waals surface area contributed by atoms with Crippen molar-refractivity contribution in [2.45, 2.75) is 6.54 Å². The second-order valence-electron chi connectivity index (χ2n) is 3.50. The van der Waals surface area contributed by atoms with Crippen LogP contribution >= 0.6 is 0 Å². The summed E-state index contributed by atoms with van der Waals surface area (Å²) in [7, 11) is 1.58. The number of hydrogen-bond donors (Lipinski definition) is 0. The molecule has 2 rings (SSSR count). The van der Waals surface area contributed by atoms with E-state index in [2.05, 4.69) is 9.82 Å². The zero-order valence-electron chi connectivity index (χ0n) is 9.65. The van der Waals surface area contributed by atoms with E-state index in [4.69, 9.17) is 4.74 Å². The van der Waals surface area contributed by atoms with E-state index in [9.17, 15) is 10.1 Å². The van der Waals surface area contributed by atoms with E-state index in [0.29, 0.717) is 6.54 Å². The molecule has 0 unspecified atom stereocenters. The van der Waals surface area contributed by atoms with E-state index in [1.807, 2.05) is 24.3 Å². The van der Waals surface area contributed by atoms with Crippen LogP contribution in [0.4, 0.5) is 0 Å². The van der Waals surface area contributed by atoms with Crippen molar-refractivity contribution in [3.63, 3.8) is 0 Å². The number of nitrogens with zero attached hydrogens (tertiary/aromatic N) is 3. The zero-order chi connectivity index (χ0) is 13.0. The van der Waals surface area contributed by atoms with E-state index >= 15 is 0 Å². The van der Waals surface area contributed by atoms with Crippen molar-refractivity contribution < 1.29 is 14.7 Å². The van der Waals surface area contributed by atoms with Crippen LogP contribution < -0.4 is 9.57 Å². The normalized spacial score (nSPS) is 10.1. The van der Waals surface area contributed by atoms with Crippen LogP contribution in [0.3, 0.4) is 0 Å². The Morgan fingerprint density at radius 3 is 3.06 bits per heavy atom. The third-order valence-electron chi connectivity index (χ3n) is 2.32. The Morgan fingerprint density at radius 1 is 1.50 bits per heavy atom. The Balaban J connectivity index is 2.17. The molecular weight excluding hydrogens is 238 g/mol. The molecule has 0 bridgehead atoms. The fourth-order valence-electron chi connectivity index (χ4n) is 1.55. The van der Waals surface area contributed by atoms with Crippen LogP contribution in [0.2, 0.25) is 0 Å². The average molecular weight is 249 g/mol. The van der Waals surface area contributed by atoms with Crippen molar-refractivity contribution in [1.82, 2.24) is 9.55 Å². The molecule has 0 radical (unpaired) electrons. The highest BCUT2D eigenvalue weighted by molar-refractivity contribution is 5.28. The summed E-state index contributed by atoms with van der Waals surface area (Å²) in [5.41, 5.74) is 0.931. The van der Waals surface area contributed by atoms with Gasteiger partial charge < -0.3 is 9.30 Å². The van der Waals surface area contributed by atoms with Crippen molar-refractivity contribution >= 4 is 0 Å². The molecule has 0 spiro atoms. The Bertz CT molecular complexity index is 553. The minimum Gasteiger partial charge on any atom is -0.497 e. The first-order valence-corrected chi connectivity index (χ1v) is 5.15. The van der Waals surface area contributed by atoms with Crippen molar-refractivity contribution in [2.24, 2.45) is 0 Å². The quantitative estimate of drug-likeness (QED) is 0.592. The molecule has 0 aliphatic heterocycles. The number of benzene rings is 1. The lowest BCUT2D eigenvalue weighted by Gasteiger charge is -2.07. The Labute approximate surface area is 103 Å². The van der Waals surface area contributed by atoms with Crippen LogP contribution in [0.15, 0.2) is 36.7 Å². The first kappa shape index (κ1) is 11.9. The third kappa shape index (κ3) is 2.76. The Morgan fingerprint density at radius 2 is 2.33 bits per heavy atom. The topological polar surface area (TPSA) is 79.4 Å². The van der Waals surface area contributed by atoms with Gasteiger partial charge in [0, 0.05) is 12.4 Å². The maximum absolute atomic E-state index is 10.3. The molecule has 1 aromatic heterocycles. The molecule has 1 aromatic carbocycles. The standard InChI is InChI=1S/C11H11N3O4/c1-17-10-4-2-3-9(7-10)8-13-6-5-12-11(13)18-14(15)16/h2-7H,8H2,1H3. The molecule has 0 fully saturated rings. The predicted molar refractivity (Wildman–Crippen MR) is 61.9 cm³/mol. The summed E-state index contributed by atoms with van der Waals surface area (Å²) < 4.78 is 6.64. The second-order valence-corrected chi connectivity index (χ2v) is 3.50. The van der Waals surface area contributed by atoms with Gasteiger partial charge in [-0.15, -0.1) is 10.1 Å². The summed E-state index contributed by atoms with van der Waals surface area (Å²) in [6.45, 7) is 0.417. The summed E-state index contributed by atoms with van der Waals surface area (Å²) in [6.07, 6.45) is 3.05. The fourth-order valence-corrected chi connectivity index (χ4v) is 1.55. The van der Waals surface area contributed by atoms with Gasteiger partial charge in [0.1, 0.15) is 5.75 Å². The molecule has 0 atom stereocenters. The van der Waals surface area contributed by atoms with E-state index in [1.54, 1.807) is 13.3 Å². The van der Waals surface area contributed by atoms with Gasteiger partial charge in [-0.2, -0.15) is 0 Å². The highest BCUT2D eigenvalue weighted by Gasteiger charge is 2.08.